The van der Waals surface area contributed by atoms with Crippen molar-refractivity contribution < 1.29 is 4.79 Å². The summed E-state index contributed by atoms with van der Waals surface area (Å²) in [6.07, 6.45) is 0.463. The molecule has 1 atom stereocenters. The number of benzene rings is 2. The van der Waals surface area contributed by atoms with E-state index in [1.807, 2.05) is 49.5 Å². The molecule has 0 saturated carbocycles. The zero-order chi connectivity index (χ0) is 14.3. The Balaban J connectivity index is 1.96. The summed E-state index contributed by atoms with van der Waals surface area (Å²) in [6, 6.07) is 13.8. The van der Waals surface area contributed by atoms with Crippen LogP contribution in [0.5, 0.6) is 0 Å². The molecule has 4 heteroatoms. The molecule has 2 aromatic carbocycles. The lowest BCUT2D eigenvalue weighted by atomic mass is 9.97. The van der Waals surface area contributed by atoms with Crippen LogP contribution in [0.4, 0.5) is 5.69 Å². The van der Waals surface area contributed by atoms with E-state index in [2.05, 4.69) is 15.9 Å². The van der Waals surface area contributed by atoms with Crippen LogP contribution in [0.3, 0.4) is 0 Å². The fourth-order valence-corrected chi connectivity index (χ4v) is 2.99. The van der Waals surface area contributed by atoms with Crippen molar-refractivity contribution in [2.24, 2.45) is 5.73 Å². The average Bonchev–Trinajstić information content (AvgIpc) is 2.73. The normalized spacial score (nSPS) is 15.3. The number of hydrogen-bond donors (Lipinski definition) is 1. The van der Waals surface area contributed by atoms with Crippen LogP contribution in [-0.2, 0) is 11.2 Å². The van der Waals surface area contributed by atoms with Crippen LogP contribution >= 0.6 is 15.9 Å². The molecular weight excluding hydrogens is 316 g/mol. The maximum Gasteiger partial charge on any atom is 0.231 e. The van der Waals surface area contributed by atoms with Crippen molar-refractivity contribution in [2.75, 3.05) is 11.9 Å². The van der Waals surface area contributed by atoms with Crippen LogP contribution in [0.1, 0.15) is 22.7 Å². The summed E-state index contributed by atoms with van der Waals surface area (Å²) in [6.45, 7) is 0. The first kappa shape index (κ1) is 13.3. The fraction of sp³-hybridized carbons (Fsp3) is 0.188. The van der Waals surface area contributed by atoms with E-state index < -0.39 is 0 Å². The Morgan fingerprint density at radius 1 is 1.20 bits per heavy atom. The second kappa shape index (κ2) is 5.04. The molecule has 1 aliphatic heterocycles. The Bertz CT molecular complexity index is 684. The highest BCUT2D eigenvalue weighted by atomic mass is 79.9. The van der Waals surface area contributed by atoms with Crippen molar-refractivity contribution >= 4 is 27.5 Å². The minimum atomic E-state index is -0.182. The van der Waals surface area contributed by atoms with E-state index >= 15 is 0 Å². The Hall–Kier alpha value is -1.65. The van der Waals surface area contributed by atoms with Crippen molar-refractivity contribution in [1.29, 1.82) is 0 Å². The molecule has 2 aromatic rings. The van der Waals surface area contributed by atoms with Crippen LogP contribution in [0, 0.1) is 0 Å². The Morgan fingerprint density at radius 2 is 1.95 bits per heavy atom. The van der Waals surface area contributed by atoms with Gasteiger partial charge in [0.15, 0.2) is 0 Å². The second-order valence-corrected chi connectivity index (χ2v) is 5.97. The molecular formula is C16H15BrN2O. The number of carbonyl (C=O) groups excluding carboxylic acids is 1. The molecule has 1 aliphatic rings. The van der Waals surface area contributed by atoms with E-state index in [9.17, 15) is 4.79 Å². The van der Waals surface area contributed by atoms with Gasteiger partial charge in [-0.25, -0.2) is 0 Å². The largest absolute Gasteiger partial charge is 0.320 e. The molecule has 0 aliphatic carbocycles. The highest BCUT2D eigenvalue weighted by Gasteiger charge is 2.24. The topological polar surface area (TPSA) is 46.3 Å². The highest BCUT2D eigenvalue weighted by molar-refractivity contribution is 9.10. The van der Waals surface area contributed by atoms with Gasteiger partial charge < -0.3 is 10.6 Å². The lowest BCUT2D eigenvalue weighted by Crippen LogP contribution is -2.20. The van der Waals surface area contributed by atoms with Gasteiger partial charge in [0.05, 0.1) is 12.5 Å². The fourth-order valence-electron chi connectivity index (χ4n) is 2.58. The first-order valence-electron chi connectivity index (χ1n) is 6.46. The maximum absolute atomic E-state index is 11.7. The number of carbonyl (C=O) groups is 1. The van der Waals surface area contributed by atoms with Crippen LogP contribution in [0.15, 0.2) is 46.9 Å². The molecule has 3 rings (SSSR count). The average molecular weight is 331 g/mol. The highest BCUT2D eigenvalue weighted by Crippen LogP contribution is 2.31. The molecule has 0 spiro atoms. The van der Waals surface area contributed by atoms with Crippen LogP contribution in [0.25, 0.3) is 0 Å². The van der Waals surface area contributed by atoms with Crippen LogP contribution < -0.4 is 10.6 Å². The summed E-state index contributed by atoms with van der Waals surface area (Å²) in [4.78, 5) is 13.4. The minimum absolute atomic E-state index is 0.133. The lowest BCUT2D eigenvalue weighted by Gasteiger charge is -2.15. The molecule has 3 nitrogen and oxygen atoms in total. The number of nitrogens with two attached hydrogens (primary N) is 1. The molecule has 0 bridgehead atoms. The van der Waals surface area contributed by atoms with Gasteiger partial charge in [-0.15, -0.1) is 0 Å². The zero-order valence-corrected chi connectivity index (χ0v) is 12.7. The predicted molar refractivity (Wildman–Crippen MR) is 83.7 cm³/mol. The van der Waals surface area contributed by atoms with Crippen molar-refractivity contribution in [2.45, 2.75) is 12.5 Å². The Morgan fingerprint density at radius 3 is 2.70 bits per heavy atom. The summed E-state index contributed by atoms with van der Waals surface area (Å²) in [7, 11) is 1.81. The molecule has 102 valence electrons. The third kappa shape index (κ3) is 2.25. The van der Waals surface area contributed by atoms with Crippen molar-refractivity contribution in [3.63, 3.8) is 0 Å². The molecule has 0 radical (unpaired) electrons. The third-order valence-corrected chi connectivity index (χ3v) is 4.24. The maximum atomic E-state index is 11.7. The van der Waals surface area contributed by atoms with Gasteiger partial charge in [0, 0.05) is 17.2 Å². The first-order chi connectivity index (χ1) is 9.56. The van der Waals surface area contributed by atoms with Gasteiger partial charge in [-0.3, -0.25) is 4.79 Å². The quantitative estimate of drug-likeness (QED) is 0.919. The van der Waals surface area contributed by atoms with Crippen molar-refractivity contribution in [3.05, 3.63) is 63.6 Å². The summed E-state index contributed by atoms with van der Waals surface area (Å²) in [5.74, 6) is 0.133. The number of nitrogens with zero attached hydrogens (tertiary/aromatic N) is 1. The van der Waals surface area contributed by atoms with E-state index in [0.717, 1.165) is 26.9 Å². The lowest BCUT2D eigenvalue weighted by molar-refractivity contribution is -0.117. The standard InChI is InChI=1S/C16H15BrN2O/c1-19-14-6-5-11(7-12(14)9-15(19)20)16(18)10-3-2-4-13(17)8-10/h2-8,16H,9,18H2,1H3. The molecule has 0 saturated heterocycles. The molecule has 1 amide bonds. The van der Waals surface area contributed by atoms with Gasteiger partial charge in [-0.05, 0) is 34.9 Å². The number of likely N-dealkylation sites (N-methyl/N-ethyl adjacent to an activating group) is 1. The summed E-state index contributed by atoms with van der Waals surface area (Å²) in [5, 5.41) is 0. The predicted octanol–water partition coefficient (Wildman–Crippen LogP) is 3.02. The zero-order valence-electron chi connectivity index (χ0n) is 11.1. The summed E-state index contributed by atoms with van der Waals surface area (Å²) < 4.78 is 1.02. The van der Waals surface area contributed by atoms with Crippen molar-refractivity contribution in [1.82, 2.24) is 0 Å². The van der Waals surface area contributed by atoms with E-state index in [1.165, 1.54) is 0 Å². The van der Waals surface area contributed by atoms with Crippen LogP contribution in [-0.4, -0.2) is 13.0 Å². The molecule has 0 aromatic heterocycles. The van der Waals surface area contributed by atoms with Gasteiger partial charge in [-0.1, -0.05) is 40.2 Å². The SMILES string of the molecule is CN1C(=O)Cc2cc(C(N)c3cccc(Br)c3)ccc21. The number of rotatable bonds is 2. The van der Waals surface area contributed by atoms with Crippen molar-refractivity contribution in [3.8, 4) is 0 Å². The molecule has 0 fully saturated rings. The van der Waals surface area contributed by atoms with E-state index in [1.54, 1.807) is 4.90 Å². The molecule has 2 N–H and O–H groups in total. The number of halogens is 1. The van der Waals surface area contributed by atoms with Gasteiger partial charge in [0.25, 0.3) is 0 Å². The summed E-state index contributed by atoms with van der Waals surface area (Å²) in [5.41, 5.74) is 10.5. The number of anilines is 1. The van der Waals surface area contributed by atoms with Gasteiger partial charge in [0.2, 0.25) is 5.91 Å². The number of fused-ring (bicyclic) bond motifs is 1. The Labute approximate surface area is 126 Å². The molecule has 1 unspecified atom stereocenters. The monoisotopic (exact) mass is 330 g/mol. The second-order valence-electron chi connectivity index (χ2n) is 5.05. The number of hydrogen-bond acceptors (Lipinski definition) is 2. The summed E-state index contributed by atoms with van der Waals surface area (Å²) >= 11 is 3.46. The van der Waals surface area contributed by atoms with Gasteiger partial charge in [0.1, 0.15) is 0 Å². The van der Waals surface area contributed by atoms with E-state index in [4.69, 9.17) is 5.73 Å². The molecule has 1 heterocycles. The smallest absolute Gasteiger partial charge is 0.231 e. The minimum Gasteiger partial charge on any atom is -0.320 e. The van der Waals surface area contributed by atoms with E-state index in [0.29, 0.717) is 6.42 Å². The first-order valence-corrected chi connectivity index (χ1v) is 7.26. The van der Waals surface area contributed by atoms with E-state index in [-0.39, 0.29) is 11.9 Å². The van der Waals surface area contributed by atoms with Gasteiger partial charge >= 0.3 is 0 Å². The Kier molecular flexibility index (Phi) is 3.36. The number of amides is 1. The van der Waals surface area contributed by atoms with Crippen LogP contribution in [0.2, 0.25) is 0 Å². The van der Waals surface area contributed by atoms with Gasteiger partial charge in [-0.2, -0.15) is 0 Å². The molecule has 20 heavy (non-hydrogen) atoms. The third-order valence-electron chi connectivity index (χ3n) is 3.75.